The van der Waals surface area contributed by atoms with Crippen LogP contribution in [0.25, 0.3) is 0 Å². The Bertz CT molecular complexity index is 317. The summed E-state index contributed by atoms with van der Waals surface area (Å²) >= 11 is 0. The molecule has 106 valence electrons. The molecule has 0 aromatic rings. The van der Waals surface area contributed by atoms with E-state index in [9.17, 15) is 4.79 Å². The fraction of sp³-hybridized carbons (Fsp3) is 0.929. The van der Waals surface area contributed by atoms with Crippen LogP contribution in [0.15, 0.2) is 0 Å². The van der Waals surface area contributed by atoms with E-state index in [0.717, 1.165) is 19.4 Å². The van der Waals surface area contributed by atoms with E-state index >= 15 is 0 Å². The van der Waals surface area contributed by atoms with Gasteiger partial charge in [0.2, 0.25) is 5.91 Å². The number of amides is 1. The van der Waals surface area contributed by atoms with Crippen molar-refractivity contribution < 1.29 is 4.79 Å². The first-order valence-corrected chi connectivity index (χ1v) is 6.72. The number of nitrogens with zero attached hydrogens (tertiary/aromatic N) is 1. The third kappa shape index (κ3) is 3.45. The number of hydrogen-bond acceptors (Lipinski definition) is 3. The maximum absolute atomic E-state index is 12.4. The topological polar surface area (TPSA) is 58.4 Å². The van der Waals surface area contributed by atoms with Gasteiger partial charge in [-0.3, -0.25) is 4.79 Å². The van der Waals surface area contributed by atoms with Gasteiger partial charge in [0.15, 0.2) is 0 Å². The van der Waals surface area contributed by atoms with Gasteiger partial charge in [0.1, 0.15) is 0 Å². The lowest BCUT2D eigenvalue weighted by molar-refractivity contribution is -0.128. The molecule has 0 spiro atoms. The van der Waals surface area contributed by atoms with E-state index in [4.69, 9.17) is 5.73 Å². The number of carbonyl (C=O) groups is 1. The van der Waals surface area contributed by atoms with Crippen LogP contribution in [0, 0.1) is 10.8 Å². The highest BCUT2D eigenvalue weighted by Gasteiger charge is 2.67. The van der Waals surface area contributed by atoms with Crippen molar-refractivity contribution in [2.75, 3.05) is 27.2 Å². The van der Waals surface area contributed by atoms with Gasteiger partial charge in [0.25, 0.3) is 0 Å². The van der Waals surface area contributed by atoms with Crippen LogP contribution in [0.4, 0.5) is 0 Å². The maximum Gasteiger partial charge on any atom is 0.228 e. The van der Waals surface area contributed by atoms with E-state index in [-0.39, 0.29) is 22.3 Å². The lowest BCUT2D eigenvalue weighted by Gasteiger charge is -2.28. The summed E-state index contributed by atoms with van der Waals surface area (Å²) in [7, 11) is 4.00. The largest absolute Gasteiger partial charge is 0.354 e. The molecule has 0 radical (unpaired) electrons. The Hall–Kier alpha value is -0.610. The Balaban J connectivity index is 2.62. The quantitative estimate of drug-likeness (QED) is 0.776. The molecule has 1 saturated carbocycles. The first-order chi connectivity index (χ1) is 8.00. The molecular weight excluding hydrogens is 226 g/mol. The summed E-state index contributed by atoms with van der Waals surface area (Å²) in [4.78, 5) is 14.5. The molecule has 0 aromatic carbocycles. The molecular formula is C14H29N3O. The Morgan fingerprint density at radius 2 is 1.89 bits per heavy atom. The molecule has 1 aliphatic carbocycles. The number of likely N-dealkylation sites (N-methyl/N-ethyl adjacent to an activating group) is 1. The third-order valence-corrected chi connectivity index (χ3v) is 3.75. The minimum absolute atomic E-state index is 0.121. The molecule has 1 fully saturated rings. The smallest absolute Gasteiger partial charge is 0.228 e. The van der Waals surface area contributed by atoms with Crippen molar-refractivity contribution in [2.45, 2.75) is 46.1 Å². The van der Waals surface area contributed by atoms with Crippen LogP contribution >= 0.6 is 0 Å². The average molecular weight is 255 g/mol. The van der Waals surface area contributed by atoms with E-state index in [1.807, 2.05) is 21.0 Å². The van der Waals surface area contributed by atoms with Gasteiger partial charge in [-0.15, -0.1) is 0 Å². The van der Waals surface area contributed by atoms with Crippen LogP contribution in [0.5, 0.6) is 0 Å². The summed E-state index contributed by atoms with van der Waals surface area (Å²) in [5.41, 5.74) is 5.63. The standard InChI is InChI=1S/C14H29N3O/c1-12(2,3)9-14(10-13(14,4)15)11(18)16-7-8-17(5)6/h7-10,15H2,1-6H3,(H,16,18). The highest BCUT2D eigenvalue weighted by Crippen LogP contribution is 2.59. The summed E-state index contributed by atoms with van der Waals surface area (Å²) in [6, 6.07) is 0. The molecule has 4 nitrogen and oxygen atoms in total. The second kappa shape index (κ2) is 4.82. The van der Waals surface area contributed by atoms with Crippen molar-refractivity contribution in [2.24, 2.45) is 16.6 Å². The second-order valence-corrected chi connectivity index (χ2v) is 7.47. The van der Waals surface area contributed by atoms with Gasteiger partial charge in [0.05, 0.1) is 5.41 Å². The normalized spacial score (nSPS) is 31.6. The Morgan fingerprint density at radius 1 is 1.39 bits per heavy atom. The fourth-order valence-electron chi connectivity index (χ4n) is 2.73. The molecule has 0 bridgehead atoms. The Labute approximate surface area is 111 Å². The predicted octanol–water partition coefficient (Wildman–Crippen LogP) is 1.21. The zero-order valence-corrected chi connectivity index (χ0v) is 12.8. The van der Waals surface area contributed by atoms with Crippen LogP contribution < -0.4 is 11.1 Å². The molecule has 0 aromatic heterocycles. The summed E-state index contributed by atoms with van der Waals surface area (Å²) in [5.74, 6) is 0.129. The first kappa shape index (κ1) is 15.4. The van der Waals surface area contributed by atoms with Crippen molar-refractivity contribution >= 4 is 5.91 Å². The summed E-state index contributed by atoms with van der Waals surface area (Å²) < 4.78 is 0. The van der Waals surface area contributed by atoms with Crippen molar-refractivity contribution in [1.29, 1.82) is 0 Å². The summed E-state index contributed by atoms with van der Waals surface area (Å²) in [5, 5.41) is 3.03. The van der Waals surface area contributed by atoms with Crippen molar-refractivity contribution in [3.8, 4) is 0 Å². The monoisotopic (exact) mass is 255 g/mol. The molecule has 1 rings (SSSR count). The Kier molecular flexibility index (Phi) is 4.13. The van der Waals surface area contributed by atoms with Crippen LogP contribution in [0.1, 0.15) is 40.5 Å². The average Bonchev–Trinajstić information content (AvgIpc) is 2.65. The minimum Gasteiger partial charge on any atom is -0.354 e. The molecule has 4 heteroatoms. The van der Waals surface area contributed by atoms with Gasteiger partial charge in [-0.05, 0) is 39.3 Å². The molecule has 1 aliphatic rings. The summed E-state index contributed by atoms with van der Waals surface area (Å²) in [6.45, 7) is 10.0. The Morgan fingerprint density at radius 3 is 2.22 bits per heavy atom. The van der Waals surface area contributed by atoms with Crippen LogP contribution in [-0.4, -0.2) is 43.5 Å². The highest BCUT2D eigenvalue weighted by atomic mass is 16.2. The predicted molar refractivity (Wildman–Crippen MR) is 75.3 cm³/mol. The second-order valence-electron chi connectivity index (χ2n) is 7.47. The van der Waals surface area contributed by atoms with Crippen LogP contribution in [0.3, 0.4) is 0 Å². The zero-order valence-electron chi connectivity index (χ0n) is 12.8. The molecule has 3 N–H and O–H groups in total. The number of carbonyl (C=O) groups excluding carboxylic acids is 1. The van der Waals surface area contributed by atoms with Crippen molar-refractivity contribution in [1.82, 2.24) is 10.2 Å². The molecule has 0 aliphatic heterocycles. The van der Waals surface area contributed by atoms with Gasteiger partial charge in [-0.2, -0.15) is 0 Å². The maximum atomic E-state index is 12.4. The van der Waals surface area contributed by atoms with E-state index in [2.05, 4.69) is 31.0 Å². The molecule has 2 unspecified atom stereocenters. The fourth-order valence-corrected chi connectivity index (χ4v) is 2.73. The van der Waals surface area contributed by atoms with Gasteiger partial charge >= 0.3 is 0 Å². The SMILES string of the molecule is CN(C)CCNC(=O)C1(CC(C)(C)C)CC1(C)N. The van der Waals surface area contributed by atoms with E-state index < -0.39 is 0 Å². The lowest BCUT2D eigenvalue weighted by Crippen LogP contribution is -2.44. The third-order valence-electron chi connectivity index (χ3n) is 3.75. The number of rotatable bonds is 5. The lowest BCUT2D eigenvalue weighted by atomic mass is 9.80. The molecule has 2 atom stereocenters. The number of nitrogens with two attached hydrogens (primary N) is 1. The van der Waals surface area contributed by atoms with Gasteiger partial charge < -0.3 is 16.0 Å². The first-order valence-electron chi connectivity index (χ1n) is 6.72. The van der Waals surface area contributed by atoms with Crippen molar-refractivity contribution in [3.63, 3.8) is 0 Å². The molecule has 18 heavy (non-hydrogen) atoms. The van der Waals surface area contributed by atoms with Crippen LogP contribution in [0.2, 0.25) is 0 Å². The minimum atomic E-state index is -0.364. The van der Waals surface area contributed by atoms with Crippen LogP contribution in [-0.2, 0) is 4.79 Å². The van der Waals surface area contributed by atoms with E-state index in [1.165, 1.54) is 0 Å². The summed E-state index contributed by atoms with van der Waals surface area (Å²) in [6.07, 6.45) is 1.64. The molecule has 0 heterocycles. The van der Waals surface area contributed by atoms with E-state index in [0.29, 0.717) is 6.54 Å². The molecule has 0 saturated heterocycles. The molecule has 1 amide bonds. The zero-order chi connectivity index (χ0) is 14.2. The highest BCUT2D eigenvalue weighted by molar-refractivity contribution is 5.88. The van der Waals surface area contributed by atoms with Gasteiger partial charge in [-0.1, -0.05) is 20.8 Å². The van der Waals surface area contributed by atoms with Gasteiger partial charge in [-0.25, -0.2) is 0 Å². The number of hydrogen-bond donors (Lipinski definition) is 2. The van der Waals surface area contributed by atoms with Crippen molar-refractivity contribution in [3.05, 3.63) is 0 Å². The van der Waals surface area contributed by atoms with E-state index in [1.54, 1.807) is 0 Å². The van der Waals surface area contributed by atoms with Gasteiger partial charge in [0, 0.05) is 18.6 Å². The number of nitrogens with one attached hydrogen (secondary N) is 1.